The summed E-state index contributed by atoms with van der Waals surface area (Å²) in [6.07, 6.45) is 4.27. The number of alkyl carbamates (subject to hydrolysis) is 1. The summed E-state index contributed by atoms with van der Waals surface area (Å²) < 4.78 is 5.10. The standard InChI is InChI=1S/C15H16N2O2S/c18-15(19-10-13-6-2-1-3-7-13)16-9-5-4-8-14-11-20-12-17-14/h1-4,6-8,11-12H,5,9-10H2,(H,16,18). The van der Waals surface area contributed by atoms with Crippen LogP contribution in [0.3, 0.4) is 0 Å². The summed E-state index contributed by atoms with van der Waals surface area (Å²) in [6, 6.07) is 9.60. The highest BCUT2D eigenvalue weighted by Crippen LogP contribution is 2.03. The van der Waals surface area contributed by atoms with E-state index >= 15 is 0 Å². The molecule has 0 aliphatic heterocycles. The number of benzene rings is 1. The summed E-state index contributed by atoms with van der Waals surface area (Å²) in [6.45, 7) is 0.843. The lowest BCUT2D eigenvalue weighted by molar-refractivity contribution is 0.140. The minimum Gasteiger partial charge on any atom is -0.445 e. The van der Waals surface area contributed by atoms with Crippen molar-refractivity contribution in [1.29, 1.82) is 0 Å². The van der Waals surface area contributed by atoms with Gasteiger partial charge in [0, 0.05) is 11.9 Å². The molecule has 1 N–H and O–H groups in total. The Hall–Kier alpha value is -2.14. The molecule has 0 aliphatic rings. The summed E-state index contributed by atoms with van der Waals surface area (Å²) >= 11 is 1.56. The van der Waals surface area contributed by atoms with Crippen molar-refractivity contribution in [2.45, 2.75) is 13.0 Å². The first kappa shape index (κ1) is 14.3. The molecule has 0 bridgehead atoms. The van der Waals surface area contributed by atoms with Gasteiger partial charge in [0.25, 0.3) is 0 Å². The first-order chi connectivity index (χ1) is 9.84. The molecular formula is C15H16N2O2S. The average Bonchev–Trinajstić information content (AvgIpc) is 2.99. The fourth-order valence-electron chi connectivity index (χ4n) is 1.54. The topological polar surface area (TPSA) is 51.2 Å². The zero-order valence-corrected chi connectivity index (χ0v) is 11.8. The van der Waals surface area contributed by atoms with Crippen LogP contribution < -0.4 is 5.32 Å². The van der Waals surface area contributed by atoms with Gasteiger partial charge in [-0.15, -0.1) is 11.3 Å². The Morgan fingerprint density at radius 1 is 1.35 bits per heavy atom. The maximum absolute atomic E-state index is 11.4. The Labute approximate surface area is 122 Å². The zero-order chi connectivity index (χ0) is 14.0. The molecule has 104 valence electrons. The number of hydrogen-bond donors (Lipinski definition) is 1. The van der Waals surface area contributed by atoms with Crippen LogP contribution in [0.2, 0.25) is 0 Å². The average molecular weight is 288 g/mol. The lowest BCUT2D eigenvalue weighted by Gasteiger charge is -2.05. The molecule has 1 aromatic carbocycles. The quantitative estimate of drug-likeness (QED) is 0.828. The third-order valence-electron chi connectivity index (χ3n) is 2.53. The predicted octanol–water partition coefficient (Wildman–Crippen LogP) is 3.47. The number of nitrogens with zero attached hydrogens (tertiary/aromatic N) is 1. The van der Waals surface area contributed by atoms with Gasteiger partial charge in [-0.25, -0.2) is 9.78 Å². The van der Waals surface area contributed by atoms with Crippen molar-refractivity contribution in [3.8, 4) is 0 Å². The van der Waals surface area contributed by atoms with Crippen molar-refractivity contribution in [1.82, 2.24) is 10.3 Å². The lowest BCUT2D eigenvalue weighted by Crippen LogP contribution is -2.24. The fourth-order valence-corrected chi connectivity index (χ4v) is 2.06. The predicted molar refractivity (Wildman–Crippen MR) is 80.4 cm³/mol. The number of carbonyl (C=O) groups excluding carboxylic acids is 1. The molecule has 2 rings (SSSR count). The van der Waals surface area contributed by atoms with E-state index in [4.69, 9.17) is 4.74 Å². The molecule has 0 saturated heterocycles. The maximum atomic E-state index is 11.4. The van der Waals surface area contributed by atoms with E-state index in [0.29, 0.717) is 13.2 Å². The van der Waals surface area contributed by atoms with E-state index in [1.807, 2.05) is 47.9 Å². The summed E-state index contributed by atoms with van der Waals surface area (Å²) in [5.41, 5.74) is 3.71. The van der Waals surface area contributed by atoms with Gasteiger partial charge in [-0.1, -0.05) is 36.4 Å². The van der Waals surface area contributed by atoms with Crippen molar-refractivity contribution >= 4 is 23.5 Å². The minimum atomic E-state index is -0.393. The largest absolute Gasteiger partial charge is 0.445 e. The van der Waals surface area contributed by atoms with Crippen LogP contribution in [0.15, 0.2) is 47.3 Å². The molecule has 20 heavy (non-hydrogen) atoms. The molecule has 0 aliphatic carbocycles. The first-order valence-electron chi connectivity index (χ1n) is 6.34. The molecule has 0 radical (unpaired) electrons. The first-order valence-corrected chi connectivity index (χ1v) is 7.28. The third kappa shape index (κ3) is 5.24. The van der Waals surface area contributed by atoms with Crippen LogP contribution in [-0.2, 0) is 11.3 Å². The molecule has 5 heteroatoms. The number of ether oxygens (including phenoxy) is 1. The number of thiazole rings is 1. The molecule has 1 heterocycles. The second-order valence-corrected chi connectivity index (χ2v) is 4.81. The highest BCUT2D eigenvalue weighted by Gasteiger charge is 2.00. The van der Waals surface area contributed by atoms with Crippen LogP contribution in [0.5, 0.6) is 0 Å². The van der Waals surface area contributed by atoms with Crippen molar-refractivity contribution in [2.75, 3.05) is 6.54 Å². The van der Waals surface area contributed by atoms with E-state index in [0.717, 1.165) is 17.7 Å². The van der Waals surface area contributed by atoms with E-state index in [1.54, 1.807) is 16.8 Å². The second kappa shape index (κ2) is 8.12. The van der Waals surface area contributed by atoms with Gasteiger partial charge in [0.2, 0.25) is 0 Å². The highest BCUT2D eigenvalue weighted by atomic mass is 32.1. The maximum Gasteiger partial charge on any atom is 0.407 e. The Kier molecular flexibility index (Phi) is 5.79. The van der Waals surface area contributed by atoms with Crippen LogP contribution in [0.4, 0.5) is 4.79 Å². The van der Waals surface area contributed by atoms with Crippen molar-refractivity contribution in [2.24, 2.45) is 0 Å². The molecule has 0 spiro atoms. The number of aromatic nitrogens is 1. The number of amides is 1. The second-order valence-electron chi connectivity index (χ2n) is 4.09. The number of carbonyl (C=O) groups is 1. The third-order valence-corrected chi connectivity index (χ3v) is 3.14. The van der Waals surface area contributed by atoms with E-state index < -0.39 is 6.09 Å². The van der Waals surface area contributed by atoms with Crippen LogP contribution in [0, 0.1) is 0 Å². The van der Waals surface area contributed by atoms with Crippen LogP contribution in [0.25, 0.3) is 6.08 Å². The van der Waals surface area contributed by atoms with Gasteiger partial charge in [-0.2, -0.15) is 0 Å². The lowest BCUT2D eigenvalue weighted by atomic mass is 10.2. The number of rotatable bonds is 6. The Morgan fingerprint density at radius 3 is 2.95 bits per heavy atom. The monoisotopic (exact) mass is 288 g/mol. The van der Waals surface area contributed by atoms with Crippen LogP contribution in [0.1, 0.15) is 17.7 Å². The summed E-state index contributed by atoms with van der Waals surface area (Å²) in [7, 11) is 0. The Bertz CT molecular complexity index is 538. The summed E-state index contributed by atoms with van der Waals surface area (Å²) in [5, 5.41) is 4.67. The minimum absolute atomic E-state index is 0.293. The van der Waals surface area contributed by atoms with Crippen molar-refractivity contribution < 1.29 is 9.53 Å². The number of hydrogen-bond acceptors (Lipinski definition) is 4. The van der Waals surface area contributed by atoms with E-state index in [9.17, 15) is 4.79 Å². The van der Waals surface area contributed by atoms with Gasteiger partial charge in [0.15, 0.2) is 0 Å². The van der Waals surface area contributed by atoms with E-state index in [-0.39, 0.29) is 0 Å². The van der Waals surface area contributed by atoms with Gasteiger partial charge in [-0.3, -0.25) is 0 Å². The van der Waals surface area contributed by atoms with Gasteiger partial charge < -0.3 is 10.1 Å². The highest BCUT2D eigenvalue weighted by molar-refractivity contribution is 7.07. The fraction of sp³-hybridized carbons (Fsp3) is 0.200. The SMILES string of the molecule is O=C(NCCC=Cc1cscn1)OCc1ccccc1. The molecular weight excluding hydrogens is 272 g/mol. The van der Waals surface area contributed by atoms with Crippen LogP contribution >= 0.6 is 11.3 Å². The summed E-state index contributed by atoms with van der Waals surface area (Å²) in [5.74, 6) is 0. The van der Waals surface area contributed by atoms with Gasteiger partial charge in [0.1, 0.15) is 6.61 Å². The van der Waals surface area contributed by atoms with Gasteiger partial charge in [-0.05, 0) is 18.1 Å². The zero-order valence-electron chi connectivity index (χ0n) is 11.0. The smallest absolute Gasteiger partial charge is 0.407 e. The van der Waals surface area contributed by atoms with Crippen molar-refractivity contribution in [3.05, 3.63) is 58.6 Å². The molecule has 4 nitrogen and oxygen atoms in total. The molecule has 1 amide bonds. The molecule has 1 aromatic heterocycles. The molecule has 0 unspecified atom stereocenters. The van der Waals surface area contributed by atoms with Gasteiger partial charge in [0.05, 0.1) is 11.2 Å². The Balaban J connectivity index is 1.58. The van der Waals surface area contributed by atoms with E-state index in [2.05, 4.69) is 10.3 Å². The van der Waals surface area contributed by atoms with Crippen molar-refractivity contribution in [3.63, 3.8) is 0 Å². The molecule has 0 atom stereocenters. The molecule has 2 aromatic rings. The van der Waals surface area contributed by atoms with E-state index in [1.165, 1.54) is 0 Å². The number of nitrogens with one attached hydrogen (secondary N) is 1. The van der Waals surface area contributed by atoms with Gasteiger partial charge >= 0.3 is 6.09 Å². The molecule has 0 saturated carbocycles. The molecule has 0 fully saturated rings. The summed E-state index contributed by atoms with van der Waals surface area (Å²) in [4.78, 5) is 15.6. The normalized spacial score (nSPS) is 10.6. The van der Waals surface area contributed by atoms with Crippen LogP contribution in [-0.4, -0.2) is 17.6 Å². The Morgan fingerprint density at radius 2 is 2.20 bits per heavy atom.